The number of hydrazine groups is 1. The van der Waals surface area contributed by atoms with E-state index in [1.54, 1.807) is 18.0 Å². The second-order valence-electron chi connectivity index (χ2n) is 7.81. The highest BCUT2D eigenvalue weighted by Crippen LogP contribution is 2.39. The molecule has 13 heteroatoms. The molecule has 0 unspecified atom stereocenters. The molecule has 1 atom stereocenters. The van der Waals surface area contributed by atoms with Crippen LogP contribution in [0.1, 0.15) is 24.2 Å². The van der Waals surface area contributed by atoms with Gasteiger partial charge in [0.25, 0.3) is 10.0 Å². The van der Waals surface area contributed by atoms with E-state index in [9.17, 15) is 21.6 Å². The predicted molar refractivity (Wildman–Crippen MR) is 136 cm³/mol. The van der Waals surface area contributed by atoms with Gasteiger partial charge in [-0.3, -0.25) is 20.1 Å². The van der Waals surface area contributed by atoms with Crippen LogP contribution in [-0.4, -0.2) is 38.6 Å². The fourth-order valence-corrected chi connectivity index (χ4v) is 5.07. The summed E-state index contributed by atoms with van der Waals surface area (Å²) in [4.78, 5) is 4.33. The summed E-state index contributed by atoms with van der Waals surface area (Å²) in [6.07, 6.45) is -0.657. The molecule has 0 aromatic heterocycles. The van der Waals surface area contributed by atoms with E-state index < -0.39 is 27.7 Å². The van der Waals surface area contributed by atoms with Gasteiger partial charge < -0.3 is 10.5 Å². The number of nitrogens with two attached hydrogens (primary N) is 1. The number of rotatable bonds is 7. The van der Waals surface area contributed by atoms with E-state index in [4.69, 9.17) is 10.5 Å². The van der Waals surface area contributed by atoms with Crippen molar-refractivity contribution in [1.29, 1.82) is 0 Å². The fourth-order valence-electron chi connectivity index (χ4n) is 3.70. The maximum atomic E-state index is 13.3. The number of alkyl halides is 2. The number of aliphatic imine (C=N–C) groups is 1. The lowest BCUT2D eigenvalue weighted by Crippen LogP contribution is -2.28. The van der Waals surface area contributed by atoms with Crippen LogP contribution in [0.5, 0.6) is 5.75 Å². The molecule has 4 N–H and O–H groups in total. The third kappa shape index (κ3) is 5.05. The summed E-state index contributed by atoms with van der Waals surface area (Å²) in [5.74, 6) is -3.73. The van der Waals surface area contributed by atoms with Crippen molar-refractivity contribution in [1.82, 2.24) is 10.4 Å². The number of nitrogens with one attached hydrogen (secondary N) is 2. The molecule has 2 heterocycles. The van der Waals surface area contributed by atoms with Crippen LogP contribution in [0.2, 0.25) is 0 Å². The number of likely N-dealkylation sites (N-methyl/N-ethyl adjacent to an activating group) is 1. The fraction of sp³-hybridized carbons (Fsp3) is 0.227. The van der Waals surface area contributed by atoms with Gasteiger partial charge in [-0.2, -0.15) is 8.78 Å². The molecule has 2 aromatic rings. The minimum absolute atomic E-state index is 0.000417. The smallest absolute Gasteiger partial charge is 0.355 e. The molecule has 4 rings (SSSR count). The molecule has 2 aliphatic heterocycles. The highest BCUT2D eigenvalue weighted by molar-refractivity contribution is 14.1. The van der Waals surface area contributed by atoms with Crippen LogP contribution in [0.3, 0.4) is 0 Å². The zero-order valence-corrected chi connectivity index (χ0v) is 21.5. The number of hydrogen-bond acceptors (Lipinski definition) is 7. The van der Waals surface area contributed by atoms with Crippen molar-refractivity contribution in [2.24, 2.45) is 10.7 Å². The van der Waals surface area contributed by atoms with E-state index in [-0.39, 0.29) is 11.4 Å². The number of fused-ring (bicyclic) bond motifs is 1. The number of hydrogen-bond donors (Lipinski definition) is 3. The number of benzene rings is 2. The molecule has 0 saturated heterocycles. The molecule has 35 heavy (non-hydrogen) atoms. The van der Waals surface area contributed by atoms with Gasteiger partial charge >= 0.3 is 5.76 Å². The van der Waals surface area contributed by atoms with Crippen molar-refractivity contribution in [2.75, 3.05) is 18.3 Å². The largest absolute Gasteiger partial charge is 0.484 e. The zero-order valence-electron chi connectivity index (χ0n) is 18.5. The van der Waals surface area contributed by atoms with Gasteiger partial charge in [-0.05, 0) is 59.3 Å². The normalized spacial score (nSPS) is 16.8. The van der Waals surface area contributed by atoms with Crippen molar-refractivity contribution in [3.63, 3.8) is 0 Å². The Hall–Kier alpha value is -2.94. The third-order valence-electron chi connectivity index (χ3n) is 5.40. The van der Waals surface area contributed by atoms with Gasteiger partial charge in [-0.25, -0.2) is 12.8 Å². The third-order valence-corrected chi connectivity index (χ3v) is 7.23. The molecule has 0 saturated carbocycles. The number of ether oxygens (including phenoxy) is 1. The molecule has 0 bridgehead atoms. The molecule has 2 aromatic carbocycles. The van der Waals surface area contributed by atoms with Crippen molar-refractivity contribution in [3.8, 4) is 5.75 Å². The Morgan fingerprint density at radius 1 is 1.23 bits per heavy atom. The van der Waals surface area contributed by atoms with Gasteiger partial charge in [0.05, 0.1) is 29.2 Å². The SMILES string of the molecule is C[C@H](Oc1cc(C2=C3C(N)=NCC(I)=C3N(C)N2)ccc1NS(=O)(=O)C(F)F)c1ccc(F)cc1. The summed E-state index contributed by atoms with van der Waals surface area (Å²) in [6.45, 7) is 2.12. The molecule has 0 amide bonds. The summed E-state index contributed by atoms with van der Waals surface area (Å²) in [7, 11) is -3.13. The zero-order chi connectivity index (χ0) is 25.5. The minimum Gasteiger partial charge on any atom is -0.484 e. The van der Waals surface area contributed by atoms with E-state index in [1.165, 1.54) is 36.4 Å². The first kappa shape index (κ1) is 25.2. The number of sulfonamides is 1. The van der Waals surface area contributed by atoms with Gasteiger partial charge in [0, 0.05) is 16.2 Å². The van der Waals surface area contributed by atoms with Crippen LogP contribution in [0, 0.1) is 5.82 Å². The highest BCUT2D eigenvalue weighted by Gasteiger charge is 2.33. The first-order chi connectivity index (χ1) is 16.5. The highest BCUT2D eigenvalue weighted by atomic mass is 127. The lowest BCUT2D eigenvalue weighted by molar-refractivity contribution is 0.227. The van der Waals surface area contributed by atoms with E-state index in [0.29, 0.717) is 34.8 Å². The Labute approximate surface area is 213 Å². The van der Waals surface area contributed by atoms with E-state index in [2.05, 4.69) is 33.0 Å². The van der Waals surface area contributed by atoms with Gasteiger partial charge in [0.2, 0.25) is 0 Å². The monoisotopic (exact) mass is 619 g/mol. The molecular formula is C22H21F3IN5O3S. The minimum atomic E-state index is -4.95. The van der Waals surface area contributed by atoms with Gasteiger partial charge in [-0.15, -0.1) is 0 Å². The van der Waals surface area contributed by atoms with Crippen molar-refractivity contribution >= 4 is 49.8 Å². The van der Waals surface area contributed by atoms with Crippen LogP contribution in [-0.2, 0) is 10.0 Å². The average Bonchev–Trinajstić information content (AvgIpc) is 3.16. The average molecular weight is 619 g/mol. The molecule has 8 nitrogen and oxygen atoms in total. The molecule has 0 spiro atoms. The first-order valence-corrected chi connectivity index (χ1v) is 12.9. The van der Waals surface area contributed by atoms with Crippen LogP contribution < -0.4 is 20.6 Å². The van der Waals surface area contributed by atoms with Gasteiger partial charge in [-0.1, -0.05) is 18.2 Å². The topological polar surface area (TPSA) is 109 Å². The Bertz CT molecular complexity index is 1360. The van der Waals surface area contributed by atoms with Crippen LogP contribution in [0.25, 0.3) is 5.70 Å². The summed E-state index contributed by atoms with van der Waals surface area (Å²) in [5.41, 5.74) is 12.5. The van der Waals surface area contributed by atoms with Gasteiger partial charge in [0.15, 0.2) is 0 Å². The predicted octanol–water partition coefficient (Wildman–Crippen LogP) is 4.11. The maximum absolute atomic E-state index is 13.3. The Kier molecular flexibility index (Phi) is 6.90. The Balaban J connectivity index is 1.79. The van der Waals surface area contributed by atoms with E-state index in [0.717, 1.165) is 9.28 Å². The molecular weight excluding hydrogens is 598 g/mol. The molecule has 0 fully saturated rings. The number of nitrogens with zero attached hydrogens (tertiary/aromatic N) is 2. The van der Waals surface area contributed by atoms with Crippen LogP contribution >= 0.6 is 22.6 Å². The molecule has 186 valence electrons. The summed E-state index contributed by atoms with van der Waals surface area (Å²) >= 11 is 2.19. The molecule has 2 aliphatic rings. The van der Waals surface area contributed by atoms with Crippen molar-refractivity contribution < 1.29 is 26.3 Å². The van der Waals surface area contributed by atoms with E-state index >= 15 is 0 Å². The molecule has 0 radical (unpaired) electrons. The lowest BCUT2D eigenvalue weighted by atomic mass is 10.0. The standard InChI is InChI=1S/C22H21F3IN5O3S/c1-11(12-3-6-14(23)7-4-12)34-17-9-13(5-8-16(17)30-35(32,33)22(24)25)19-18-20(31(2)29-19)15(26)10-28-21(18)27/h3-9,11,22,29-30H,10H2,1-2H3,(H2,27,28)/t11-/m0/s1. The van der Waals surface area contributed by atoms with Crippen LogP contribution in [0.4, 0.5) is 18.9 Å². The first-order valence-electron chi connectivity index (χ1n) is 10.3. The second kappa shape index (κ2) is 9.60. The quantitative estimate of drug-likeness (QED) is 0.403. The van der Waals surface area contributed by atoms with E-state index in [1.807, 2.05) is 11.8 Å². The number of anilines is 1. The second-order valence-corrected chi connectivity index (χ2v) is 10.8. The summed E-state index contributed by atoms with van der Waals surface area (Å²) < 4.78 is 72.0. The summed E-state index contributed by atoms with van der Waals surface area (Å²) in [5, 5.41) is 1.79. The van der Waals surface area contributed by atoms with Gasteiger partial charge in [0.1, 0.15) is 23.5 Å². The van der Waals surface area contributed by atoms with Crippen LogP contribution in [0.15, 0.2) is 62.3 Å². The molecule has 0 aliphatic carbocycles. The number of halogens is 4. The van der Waals surface area contributed by atoms with Crippen molar-refractivity contribution in [3.05, 3.63) is 74.3 Å². The lowest BCUT2D eigenvalue weighted by Gasteiger charge is -2.20. The summed E-state index contributed by atoms with van der Waals surface area (Å²) in [6, 6.07) is 9.96. The Morgan fingerprint density at radius 2 is 1.91 bits per heavy atom. The maximum Gasteiger partial charge on any atom is 0.355 e. The Morgan fingerprint density at radius 3 is 2.57 bits per heavy atom. The number of amidine groups is 1. The number of dihydropyridines is 1. The van der Waals surface area contributed by atoms with Crippen molar-refractivity contribution in [2.45, 2.75) is 18.8 Å².